The Morgan fingerprint density at radius 3 is 2.44 bits per heavy atom. The summed E-state index contributed by atoms with van der Waals surface area (Å²) in [6.45, 7) is 3.35. The number of aryl methyl sites for hydroxylation is 1. The molecule has 6 nitrogen and oxygen atoms in total. The lowest BCUT2D eigenvalue weighted by atomic mass is 10.0. The smallest absolute Gasteiger partial charge is 0.162 e. The van der Waals surface area contributed by atoms with Crippen LogP contribution in [0.15, 0.2) is 34.8 Å². The number of hydrogen-bond donors (Lipinski definition) is 0. The summed E-state index contributed by atoms with van der Waals surface area (Å²) in [4.78, 5) is 11.3. The van der Waals surface area contributed by atoms with Crippen LogP contribution in [0.2, 0.25) is 0 Å². The third-order valence-corrected chi connectivity index (χ3v) is 3.76. The summed E-state index contributed by atoms with van der Waals surface area (Å²) in [5.41, 5.74) is 1.93. The van der Waals surface area contributed by atoms with E-state index in [9.17, 15) is 4.79 Å². The zero-order valence-corrected chi connectivity index (χ0v) is 14.5. The largest absolute Gasteiger partial charge is 0.493 e. The van der Waals surface area contributed by atoms with E-state index in [0.717, 1.165) is 16.7 Å². The highest BCUT2D eigenvalue weighted by atomic mass is 16.5. The van der Waals surface area contributed by atoms with Crippen LogP contribution in [-0.4, -0.2) is 30.2 Å². The number of carbonyl (C=O) groups excluding carboxylic acids is 1. The maximum atomic E-state index is 11.3. The van der Waals surface area contributed by atoms with E-state index in [4.69, 9.17) is 13.9 Å². The standard InChI is InChI=1S/C19H18N2O4/c1-11(22)5-7-14-19(16-8-6-12(2)25-16)13-9-17(23-3)18(24-4)10-15(13)21-20-14/h5-10H,1-4H3/b7-5-. The molecule has 0 aliphatic rings. The zero-order valence-electron chi connectivity index (χ0n) is 14.5. The van der Waals surface area contributed by atoms with E-state index in [1.54, 1.807) is 26.4 Å². The van der Waals surface area contributed by atoms with E-state index in [1.807, 2.05) is 25.1 Å². The molecule has 0 amide bonds. The van der Waals surface area contributed by atoms with Crippen LogP contribution in [0.1, 0.15) is 18.4 Å². The lowest BCUT2D eigenvalue weighted by Crippen LogP contribution is -1.97. The Morgan fingerprint density at radius 1 is 1.12 bits per heavy atom. The first-order valence-electron chi connectivity index (χ1n) is 7.71. The molecule has 6 heteroatoms. The minimum absolute atomic E-state index is 0.0733. The van der Waals surface area contributed by atoms with Gasteiger partial charge < -0.3 is 13.9 Å². The second-order valence-electron chi connectivity index (χ2n) is 5.54. The van der Waals surface area contributed by atoms with Gasteiger partial charge in [0.2, 0.25) is 0 Å². The van der Waals surface area contributed by atoms with Crippen molar-refractivity contribution in [2.45, 2.75) is 13.8 Å². The summed E-state index contributed by atoms with van der Waals surface area (Å²) < 4.78 is 16.5. The molecule has 1 aromatic carbocycles. The number of allylic oxidation sites excluding steroid dienone is 1. The average molecular weight is 338 g/mol. The molecule has 0 atom stereocenters. The van der Waals surface area contributed by atoms with Crippen molar-refractivity contribution in [3.8, 4) is 22.8 Å². The minimum atomic E-state index is -0.0733. The number of methoxy groups -OCH3 is 2. The lowest BCUT2D eigenvalue weighted by Gasteiger charge is -2.11. The normalized spacial score (nSPS) is 11.2. The number of rotatable bonds is 5. The number of ketones is 1. The fourth-order valence-electron chi connectivity index (χ4n) is 2.59. The van der Waals surface area contributed by atoms with Crippen molar-refractivity contribution in [1.82, 2.24) is 10.2 Å². The van der Waals surface area contributed by atoms with Crippen molar-refractivity contribution in [2.24, 2.45) is 0 Å². The molecule has 0 unspecified atom stereocenters. The van der Waals surface area contributed by atoms with Crippen LogP contribution in [0.4, 0.5) is 0 Å². The van der Waals surface area contributed by atoms with Gasteiger partial charge in [-0.3, -0.25) is 4.79 Å². The molecule has 0 fully saturated rings. The van der Waals surface area contributed by atoms with Gasteiger partial charge in [-0.1, -0.05) is 0 Å². The first kappa shape index (κ1) is 16.7. The first-order chi connectivity index (χ1) is 12.0. The van der Waals surface area contributed by atoms with Gasteiger partial charge in [0, 0.05) is 11.5 Å². The monoisotopic (exact) mass is 338 g/mol. The van der Waals surface area contributed by atoms with E-state index in [0.29, 0.717) is 28.5 Å². The van der Waals surface area contributed by atoms with Crippen LogP contribution >= 0.6 is 0 Å². The maximum Gasteiger partial charge on any atom is 0.162 e. The second kappa shape index (κ2) is 6.76. The molecular formula is C19H18N2O4. The van der Waals surface area contributed by atoms with Gasteiger partial charge in [0.25, 0.3) is 0 Å². The Hall–Kier alpha value is -3.15. The van der Waals surface area contributed by atoms with E-state index in [1.165, 1.54) is 13.0 Å². The van der Waals surface area contributed by atoms with Crippen LogP contribution in [0.3, 0.4) is 0 Å². The van der Waals surface area contributed by atoms with Gasteiger partial charge >= 0.3 is 0 Å². The summed E-state index contributed by atoms with van der Waals surface area (Å²) in [5.74, 6) is 2.50. The number of fused-ring (bicyclic) bond motifs is 1. The van der Waals surface area contributed by atoms with Gasteiger partial charge in [-0.05, 0) is 44.2 Å². The molecule has 0 aliphatic carbocycles. The number of aromatic nitrogens is 2. The van der Waals surface area contributed by atoms with E-state index in [2.05, 4.69) is 10.2 Å². The molecule has 25 heavy (non-hydrogen) atoms. The van der Waals surface area contributed by atoms with Crippen LogP contribution in [0.25, 0.3) is 28.3 Å². The van der Waals surface area contributed by atoms with Crippen molar-refractivity contribution in [1.29, 1.82) is 0 Å². The summed E-state index contributed by atoms with van der Waals surface area (Å²) in [6.07, 6.45) is 3.09. The molecule has 0 saturated heterocycles. The van der Waals surface area contributed by atoms with Crippen LogP contribution in [-0.2, 0) is 4.79 Å². The fourth-order valence-corrected chi connectivity index (χ4v) is 2.59. The Kier molecular flexibility index (Phi) is 4.52. The van der Waals surface area contributed by atoms with Crippen molar-refractivity contribution in [3.05, 3.63) is 41.8 Å². The van der Waals surface area contributed by atoms with Gasteiger partial charge in [-0.15, -0.1) is 10.2 Å². The lowest BCUT2D eigenvalue weighted by molar-refractivity contribution is -0.112. The molecule has 128 valence electrons. The number of carbonyl (C=O) groups is 1. The Balaban J connectivity index is 2.34. The molecule has 0 radical (unpaired) electrons. The summed E-state index contributed by atoms with van der Waals surface area (Å²) in [5, 5.41) is 9.29. The summed E-state index contributed by atoms with van der Waals surface area (Å²) in [7, 11) is 3.14. The van der Waals surface area contributed by atoms with Crippen molar-refractivity contribution in [2.75, 3.05) is 14.2 Å². The number of nitrogens with zero attached hydrogens (tertiary/aromatic N) is 2. The SMILES string of the molecule is COc1cc2nnc(/C=C\C(C)=O)c(-c3ccc(C)o3)c2cc1OC. The van der Waals surface area contributed by atoms with E-state index < -0.39 is 0 Å². The average Bonchev–Trinajstić information content (AvgIpc) is 3.03. The molecule has 0 aliphatic heterocycles. The van der Waals surface area contributed by atoms with E-state index in [-0.39, 0.29) is 5.78 Å². The molecule has 0 spiro atoms. The predicted octanol–water partition coefficient (Wildman–Crippen LogP) is 3.82. The molecule has 0 bridgehead atoms. The van der Waals surface area contributed by atoms with Crippen LogP contribution < -0.4 is 9.47 Å². The number of benzene rings is 1. The van der Waals surface area contributed by atoms with Crippen LogP contribution in [0.5, 0.6) is 11.5 Å². The highest BCUT2D eigenvalue weighted by molar-refractivity contribution is 5.99. The molecular weight excluding hydrogens is 320 g/mol. The van der Waals surface area contributed by atoms with Gasteiger partial charge in [0.15, 0.2) is 17.3 Å². The molecule has 2 heterocycles. The third-order valence-electron chi connectivity index (χ3n) is 3.76. The van der Waals surface area contributed by atoms with Crippen molar-refractivity contribution >= 4 is 22.8 Å². The number of ether oxygens (including phenoxy) is 2. The van der Waals surface area contributed by atoms with Gasteiger partial charge in [0.05, 0.1) is 31.0 Å². The Labute approximate surface area is 145 Å². The zero-order chi connectivity index (χ0) is 18.0. The quantitative estimate of drug-likeness (QED) is 0.658. The van der Waals surface area contributed by atoms with Gasteiger partial charge in [-0.25, -0.2) is 0 Å². The predicted molar refractivity (Wildman–Crippen MR) is 94.8 cm³/mol. The first-order valence-corrected chi connectivity index (χ1v) is 7.71. The topological polar surface area (TPSA) is 74.5 Å². The van der Waals surface area contributed by atoms with Gasteiger partial charge in [-0.2, -0.15) is 0 Å². The van der Waals surface area contributed by atoms with E-state index >= 15 is 0 Å². The minimum Gasteiger partial charge on any atom is -0.493 e. The summed E-state index contributed by atoms with van der Waals surface area (Å²) >= 11 is 0. The fraction of sp³-hybridized carbons (Fsp3) is 0.211. The molecule has 0 N–H and O–H groups in total. The van der Waals surface area contributed by atoms with Crippen molar-refractivity contribution in [3.63, 3.8) is 0 Å². The maximum absolute atomic E-state index is 11.3. The second-order valence-corrected chi connectivity index (χ2v) is 5.54. The van der Waals surface area contributed by atoms with Crippen molar-refractivity contribution < 1.29 is 18.7 Å². The Bertz CT molecular complexity index is 973. The summed E-state index contributed by atoms with van der Waals surface area (Å²) in [6, 6.07) is 7.34. The number of hydrogen-bond acceptors (Lipinski definition) is 6. The molecule has 3 rings (SSSR count). The number of furan rings is 1. The third kappa shape index (κ3) is 3.24. The molecule has 2 aromatic heterocycles. The highest BCUT2D eigenvalue weighted by Gasteiger charge is 2.17. The molecule has 0 saturated carbocycles. The van der Waals surface area contributed by atoms with Crippen LogP contribution in [0, 0.1) is 6.92 Å². The van der Waals surface area contributed by atoms with Gasteiger partial charge in [0.1, 0.15) is 11.5 Å². The molecule has 3 aromatic rings. The highest BCUT2D eigenvalue weighted by Crippen LogP contribution is 2.38. The Morgan fingerprint density at radius 2 is 1.84 bits per heavy atom.